The number of fused-ring (bicyclic) bond motifs is 1. The zero-order chi connectivity index (χ0) is 28.9. The number of nitrogens with one attached hydrogen (secondary N) is 2. The first kappa shape index (κ1) is 28.3. The van der Waals surface area contributed by atoms with E-state index in [9.17, 15) is 27.9 Å². The van der Waals surface area contributed by atoms with Gasteiger partial charge in [-0.1, -0.05) is 30.0 Å². The second kappa shape index (κ2) is 11.6. The smallest absolute Gasteiger partial charge is 0.465 e. The number of H-pyrrole nitrogens is 1. The number of carbonyl (C=O) groups is 2. The molecule has 206 valence electrons. The average Bonchev–Trinajstić information content (AvgIpc) is 3.33. The predicted molar refractivity (Wildman–Crippen MR) is 142 cm³/mol. The number of aromatic nitrogens is 1. The molecule has 0 aliphatic carbocycles. The van der Waals surface area contributed by atoms with E-state index in [1.54, 1.807) is 25.3 Å². The van der Waals surface area contributed by atoms with Gasteiger partial charge in [0.2, 0.25) is 0 Å². The lowest BCUT2D eigenvalue weighted by molar-refractivity contribution is -0.274. The van der Waals surface area contributed by atoms with Crippen molar-refractivity contribution >= 4 is 22.8 Å². The van der Waals surface area contributed by atoms with Crippen LogP contribution in [0.3, 0.4) is 0 Å². The second-order valence-electron chi connectivity index (χ2n) is 9.29. The van der Waals surface area contributed by atoms with E-state index in [2.05, 4.69) is 31.6 Å². The zero-order valence-corrected chi connectivity index (χ0v) is 21.6. The number of aromatic amines is 1. The molecule has 40 heavy (non-hydrogen) atoms. The number of alkyl halides is 3. The fourth-order valence-corrected chi connectivity index (χ4v) is 4.13. The predicted octanol–water partition coefficient (Wildman–Crippen LogP) is 4.98. The number of aliphatic hydroxyl groups is 1. The molecule has 3 N–H and O–H groups in total. The largest absolute Gasteiger partial charge is 0.573 e. The highest BCUT2D eigenvalue weighted by Crippen LogP contribution is 2.29. The summed E-state index contributed by atoms with van der Waals surface area (Å²) >= 11 is 0. The number of aliphatic hydroxyl groups excluding tert-OH is 1. The Kier molecular flexibility index (Phi) is 8.16. The van der Waals surface area contributed by atoms with Crippen LogP contribution in [0.2, 0.25) is 0 Å². The van der Waals surface area contributed by atoms with Gasteiger partial charge in [-0.2, -0.15) is 0 Å². The SMILES string of the molecule is COC(=O)c1ccc(C#Cc2ccc(OC(F)(F)F)c(C(=O)N[C@@](C)(CO)Cc3c[nH]c4ccccc34)c2)cc1. The lowest BCUT2D eigenvalue weighted by Crippen LogP contribution is -2.50. The third-order valence-corrected chi connectivity index (χ3v) is 6.13. The van der Waals surface area contributed by atoms with Crippen molar-refractivity contribution in [3.8, 4) is 17.6 Å². The normalized spacial score (nSPS) is 12.7. The summed E-state index contributed by atoms with van der Waals surface area (Å²) in [6.45, 7) is 1.12. The summed E-state index contributed by atoms with van der Waals surface area (Å²) in [5, 5.41) is 13.7. The Morgan fingerprint density at radius 2 is 1.68 bits per heavy atom. The maximum Gasteiger partial charge on any atom is 0.573 e. The molecule has 1 heterocycles. The standard InChI is InChI=1S/C30H25F3N2O5/c1-29(18-36,16-22-17-34-25-6-4-3-5-23(22)25)35-27(37)24-15-20(11-14-26(24)40-30(31,32)33)8-7-19-9-12-21(13-10-19)28(38)39-2/h3-6,9-15,17,34,36H,16,18H2,1-2H3,(H,35,37)/t29-/m1/s1. The van der Waals surface area contributed by atoms with Crippen LogP contribution in [0.25, 0.3) is 10.9 Å². The van der Waals surface area contributed by atoms with Crippen LogP contribution in [0, 0.1) is 11.8 Å². The minimum atomic E-state index is -5.03. The molecular formula is C30H25F3N2O5. The summed E-state index contributed by atoms with van der Waals surface area (Å²) < 4.78 is 48.1. The van der Waals surface area contributed by atoms with Gasteiger partial charge in [0.15, 0.2) is 0 Å². The highest BCUT2D eigenvalue weighted by atomic mass is 19.4. The monoisotopic (exact) mass is 550 g/mol. The quantitative estimate of drug-likeness (QED) is 0.223. The van der Waals surface area contributed by atoms with Crippen LogP contribution in [-0.2, 0) is 11.2 Å². The first-order valence-electron chi connectivity index (χ1n) is 12.1. The Bertz CT molecular complexity index is 1600. The molecule has 0 saturated carbocycles. The van der Waals surface area contributed by atoms with Crippen molar-refractivity contribution in [1.29, 1.82) is 0 Å². The molecule has 0 aliphatic rings. The Hall–Kier alpha value is -4.75. The maximum atomic E-state index is 13.3. The number of hydrogen-bond donors (Lipinski definition) is 3. The first-order chi connectivity index (χ1) is 19.0. The van der Waals surface area contributed by atoms with Crippen LogP contribution < -0.4 is 10.1 Å². The molecule has 0 unspecified atom stereocenters. The van der Waals surface area contributed by atoms with Gasteiger partial charge in [0.25, 0.3) is 5.91 Å². The van der Waals surface area contributed by atoms with Crippen LogP contribution in [0.1, 0.15) is 44.3 Å². The van der Waals surface area contributed by atoms with Gasteiger partial charge in [0.1, 0.15) is 5.75 Å². The number of ether oxygens (including phenoxy) is 2. The average molecular weight is 551 g/mol. The minimum Gasteiger partial charge on any atom is -0.465 e. The molecule has 0 aliphatic heterocycles. The van der Waals surface area contributed by atoms with Crippen molar-refractivity contribution in [3.63, 3.8) is 0 Å². The number of halogens is 3. The third kappa shape index (κ3) is 6.81. The zero-order valence-electron chi connectivity index (χ0n) is 21.6. The molecule has 4 rings (SSSR count). The Balaban J connectivity index is 1.62. The van der Waals surface area contributed by atoms with Crippen LogP contribution in [0.4, 0.5) is 13.2 Å². The van der Waals surface area contributed by atoms with Gasteiger partial charge in [-0.25, -0.2) is 4.79 Å². The lowest BCUT2D eigenvalue weighted by Gasteiger charge is -2.29. The van der Waals surface area contributed by atoms with Crippen molar-refractivity contribution < 1.29 is 37.3 Å². The van der Waals surface area contributed by atoms with E-state index < -0.39 is 41.7 Å². The molecular weight excluding hydrogens is 525 g/mol. The summed E-state index contributed by atoms with van der Waals surface area (Å²) in [6, 6.07) is 17.2. The van der Waals surface area contributed by atoms with Gasteiger partial charge in [0.05, 0.1) is 30.4 Å². The molecule has 3 aromatic carbocycles. The molecule has 1 atom stereocenters. The van der Waals surface area contributed by atoms with E-state index >= 15 is 0 Å². The van der Waals surface area contributed by atoms with Crippen molar-refractivity contribution in [2.75, 3.05) is 13.7 Å². The van der Waals surface area contributed by atoms with E-state index in [1.807, 2.05) is 24.3 Å². The summed E-state index contributed by atoms with van der Waals surface area (Å²) in [4.78, 5) is 28.0. The molecule has 1 aromatic heterocycles. The van der Waals surface area contributed by atoms with E-state index in [0.717, 1.165) is 22.5 Å². The number of benzene rings is 3. The maximum absolute atomic E-state index is 13.3. The van der Waals surface area contributed by atoms with Crippen molar-refractivity contribution in [2.45, 2.75) is 25.2 Å². The topological polar surface area (TPSA) is 101 Å². The number of methoxy groups -OCH3 is 1. The number of hydrogen-bond acceptors (Lipinski definition) is 5. The molecule has 7 nitrogen and oxygen atoms in total. The number of carbonyl (C=O) groups excluding carboxylic acids is 2. The van der Waals surface area contributed by atoms with E-state index in [1.165, 1.54) is 31.4 Å². The van der Waals surface area contributed by atoms with Crippen molar-refractivity contribution in [2.24, 2.45) is 0 Å². The van der Waals surface area contributed by atoms with Crippen LogP contribution in [0.15, 0.2) is 72.9 Å². The van der Waals surface area contributed by atoms with Gasteiger partial charge in [-0.15, -0.1) is 13.2 Å². The van der Waals surface area contributed by atoms with E-state index in [-0.39, 0.29) is 12.0 Å². The fourth-order valence-electron chi connectivity index (χ4n) is 4.13. The lowest BCUT2D eigenvalue weighted by atomic mass is 9.92. The van der Waals surface area contributed by atoms with E-state index in [4.69, 9.17) is 0 Å². The minimum absolute atomic E-state index is 0.204. The molecule has 4 aromatic rings. The molecule has 0 fully saturated rings. The number of para-hydroxylation sites is 1. The molecule has 0 spiro atoms. The fraction of sp³-hybridized carbons (Fsp3) is 0.200. The summed E-state index contributed by atoms with van der Waals surface area (Å²) in [5.74, 6) is 3.57. The van der Waals surface area contributed by atoms with Gasteiger partial charge >= 0.3 is 12.3 Å². The summed E-state index contributed by atoms with van der Waals surface area (Å²) in [5.41, 5.74) is 1.19. The van der Waals surface area contributed by atoms with Crippen molar-refractivity contribution in [1.82, 2.24) is 10.3 Å². The van der Waals surface area contributed by atoms with Crippen LogP contribution in [-0.4, -0.2) is 47.6 Å². The van der Waals surface area contributed by atoms with Gasteiger partial charge < -0.3 is 24.9 Å². The first-order valence-corrected chi connectivity index (χ1v) is 12.1. The Labute approximate surface area is 227 Å². The molecule has 0 radical (unpaired) electrons. The van der Waals surface area contributed by atoms with Crippen LogP contribution in [0.5, 0.6) is 5.75 Å². The number of esters is 1. The van der Waals surface area contributed by atoms with Crippen LogP contribution >= 0.6 is 0 Å². The second-order valence-corrected chi connectivity index (χ2v) is 9.29. The summed E-state index contributed by atoms with van der Waals surface area (Å²) in [6.07, 6.45) is -3.07. The van der Waals surface area contributed by atoms with Gasteiger partial charge in [-0.05, 0) is 67.4 Å². The van der Waals surface area contributed by atoms with Crippen molar-refractivity contribution in [3.05, 3.63) is 101 Å². The Morgan fingerprint density at radius 3 is 2.35 bits per heavy atom. The Morgan fingerprint density at radius 1 is 1.00 bits per heavy atom. The van der Waals surface area contributed by atoms with E-state index in [0.29, 0.717) is 11.1 Å². The van der Waals surface area contributed by atoms with Gasteiger partial charge in [0, 0.05) is 28.2 Å². The molecule has 0 bridgehead atoms. The van der Waals surface area contributed by atoms with Gasteiger partial charge in [-0.3, -0.25) is 4.79 Å². The molecule has 1 amide bonds. The number of amides is 1. The number of rotatable bonds is 7. The molecule has 0 saturated heterocycles. The highest BCUT2D eigenvalue weighted by Gasteiger charge is 2.34. The molecule has 10 heteroatoms. The summed E-state index contributed by atoms with van der Waals surface area (Å²) in [7, 11) is 1.27. The third-order valence-electron chi connectivity index (χ3n) is 6.13. The highest BCUT2D eigenvalue weighted by molar-refractivity contribution is 5.98.